The fourth-order valence-electron chi connectivity index (χ4n) is 1.14. The van der Waals surface area contributed by atoms with Gasteiger partial charge in [-0.3, -0.25) is 4.79 Å². The maximum Gasteiger partial charge on any atom is 0.158 e. The first-order valence-electron chi connectivity index (χ1n) is 5.13. The second-order valence-corrected chi connectivity index (χ2v) is 4.92. The molecule has 2 heteroatoms. The molecule has 0 spiro atoms. The molecule has 0 heterocycles. The molecule has 0 aromatic heterocycles. The summed E-state index contributed by atoms with van der Waals surface area (Å²) in [6.45, 7) is 6.21. The molecule has 76 valence electrons. The average molecular weight is 184 g/mol. The fourth-order valence-corrected chi connectivity index (χ4v) is 1.14. The first kappa shape index (κ1) is 10.7. The van der Waals surface area contributed by atoms with Gasteiger partial charge in [-0.2, -0.15) is 0 Å². The summed E-state index contributed by atoms with van der Waals surface area (Å²) in [6.07, 6.45) is 4.44. The number of Topliss-reactive ketones (excluding diaryl/α,β-unsaturated/α-hetero) is 1. The van der Waals surface area contributed by atoms with Crippen molar-refractivity contribution >= 4 is 5.78 Å². The third-order valence-corrected chi connectivity index (χ3v) is 2.19. The van der Waals surface area contributed by atoms with Crippen molar-refractivity contribution in [3.8, 4) is 0 Å². The van der Waals surface area contributed by atoms with Crippen LogP contribution in [0.3, 0.4) is 0 Å². The second kappa shape index (κ2) is 4.23. The zero-order valence-corrected chi connectivity index (χ0v) is 8.93. The molecule has 0 radical (unpaired) electrons. The van der Waals surface area contributed by atoms with E-state index in [1.165, 1.54) is 12.8 Å². The SMILES string of the molecule is CC(C)(C)OCC(=O)CCC1CC1. The third-order valence-electron chi connectivity index (χ3n) is 2.19. The highest BCUT2D eigenvalue weighted by Gasteiger charge is 2.22. The van der Waals surface area contributed by atoms with Crippen LogP contribution < -0.4 is 0 Å². The molecule has 0 bridgehead atoms. The van der Waals surface area contributed by atoms with Crippen LogP contribution in [0.2, 0.25) is 0 Å². The second-order valence-electron chi connectivity index (χ2n) is 4.92. The van der Waals surface area contributed by atoms with E-state index in [-0.39, 0.29) is 18.0 Å². The largest absolute Gasteiger partial charge is 0.368 e. The molecule has 1 rings (SSSR count). The van der Waals surface area contributed by atoms with Gasteiger partial charge in [-0.25, -0.2) is 0 Å². The van der Waals surface area contributed by atoms with E-state index in [1.807, 2.05) is 20.8 Å². The summed E-state index contributed by atoms with van der Waals surface area (Å²) in [5, 5.41) is 0. The topological polar surface area (TPSA) is 26.3 Å². The number of hydrogen-bond donors (Lipinski definition) is 0. The molecular weight excluding hydrogens is 164 g/mol. The van der Waals surface area contributed by atoms with Crippen LogP contribution in [-0.2, 0) is 9.53 Å². The van der Waals surface area contributed by atoms with Gasteiger partial charge < -0.3 is 4.74 Å². The molecule has 1 saturated carbocycles. The monoisotopic (exact) mass is 184 g/mol. The number of ether oxygens (including phenoxy) is 1. The Morgan fingerprint density at radius 3 is 2.46 bits per heavy atom. The Bertz CT molecular complexity index is 175. The number of carbonyl (C=O) groups excluding carboxylic acids is 1. The molecule has 0 N–H and O–H groups in total. The smallest absolute Gasteiger partial charge is 0.158 e. The van der Waals surface area contributed by atoms with Crippen molar-refractivity contribution in [3.63, 3.8) is 0 Å². The van der Waals surface area contributed by atoms with Crippen LogP contribution in [0.4, 0.5) is 0 Å². The normalized spacial score (nSPS) is 17.5. The molecule has 13 heavy (non-hydrogen) atoms. The first-order chi connectivity index (χ1) is 5.97. The van der Waals surface area contributed by atoms with Crippen LogP contribution in [0.1, 0.15) is 46.5 Å². The predicted octanol–water partition coefficient (Wildman–Crippen LogP) is 2.56. The van der Waals surface area contributed by atoms with Gasteiger partial charge in [-0.05, 0) is 33.1 Å². The first-order valence-corrected chi connectivity index (χ1v) is 5.13. The van der Waals surface area contributed by atoms with Gasteiger partial charge in [0.15, 0.2) is 5.78 Å². The summed E-state index contributed by atoms with van der Waals surface area (Å²) in [4.78, 5) is 11.3. The molecule has 0 aromatic rings. The highest BCUT2D eigenvalue weighted by molar-refractivity contribution is 5.79. The maximum atomic E-state index is 11.3. The summed E-state index contributed by atoms with van der Waals surface area (Å²) in [5.74, 6) is 1.10. The lowest BCUT2D eigenvalue weighted by Gasteiger charge is -2.18. The standard InChI is InChI=1S/C11H20O2/c1-11(2,3)13-8-10(12)7-6-9-4-5-9/h9H,4-8H2,1-3H3. The van der Waals surface area contributed by atoms with Gasteiger partial charge in [0, 0.05) is 6.42 Å². The highest BCUT2D eigenvalue weighted by Crippen LogP contribution is 2.33. The van der Waals surface area contributed by atoms with Gasteiger partial charge in [-0.15, -0.1) is 0 Å². The van der Waals surface area contributed by atoms with Crippen molar-refractivity contribution in [1.29, 1.82) is 0 Å². The molecular formula is C11H20O2. The molecule has 0 amide bonds. The summed E-state index contributed by atoms with van der Waals surface area (Å²) in [5.41, 5.74) is -0.185. The predicted molar refractivity (Wildman–Crippen MR) is 52.7 cm³/mol. The van der Waals surface area contributed by atoms with E-state index in [9.17, 15) is 4.79 Å². The van der Waals surface area contributed by atoms with Crippen LogP contribution in [0.15, 0.2) is 0 Å². The van der Waals surface area contributed by atoms with Crippen LogP contribution in [-0.4, -0.2) is 18.0 Å². The van der Waals surface area contributed by atoms with Crippen LogP contribution in [0.5, 0.6) is 0 Å². The Balaban J connectivity index is 2.03. The van der Waals surface area contributed by atoms with Crippen molar-refractivity contribution < 1.29 is 9.53 Å². The van der Waals surface area contributed by atoms with Gasteiger partial charge in [0.1, 0.15) is 6.61 Å². The van der Waals surface area contributed by atoms with Gasteiger partial charge in [-0.1, -0.05) is 12.8 Å². The molecule has 0 aliphatic heterocycles. The summed E-state index contributed by atoms with van der Waals surface area (Å²) < 4.78 is 5.39. The van der Waals surface area contributed by atoms with Gasteiger partial charge in [0.2, 0.25) is 0 Å². The van der Waals surface area contributed by atoms with Gasteiger partial charge in [0.05, 0.1) is 5.60 Å². The molecule has 0 unspecified atom stereocenters. The van der Waals surface area contributed by atoms with E-state index in [0.29, 0.717) is 6.42 Å². The Hall–Kier alpha value is -0.370. The lowest BCUT2D eigenvalue weighted by atomic mass is 10.1. The minimum atomic E-state index is -0.185. The van der Waals surface area contributed by atoms with Crippen molar-refractivity contribution in [3.05, 3.63) is 0 Å². The number of carbonyl (C=O) groups is 1. The molecule has 0 saturated heterocycles. The zero-order valence-electron chi connectivity index (χ0n) is 8.93. The van der Waals surface area contributed by atoms with Crippen LogP contribution in [0.25, 0.3) is 0 Å². The summed E-state index contributed by atoms with van der Waals surface area (Å²) >= 11 is 0. The molecule has 1 fully saturated rings. The zero-order chi connectivity index (χ0) is 9.90. The van der Waals surface area contributed by atoms with E-state index in [4.69, 9.17) is 4.74 Å². The minimum absolute atomic E-state index is 0.185. The molecule has 1 aliphatic rings. The number of rotatable bonds is 5. The van der Waals surface area contributed by atoms with Crippen LogP contribution >= 0.6 is 0 Å². The number of ketones is 1. The van der Waals surface area contributed by atoms with Crippen LogP contribution in [0, 0.1) is 5.92 Å². The van der Waals surface area contributed by atoms with Crippen molar-refractivity contribution in [2.45, 2.75) is 52.1 Å². The van der Waals surface area contributed by atoms with E-state index < -0.39 is 0 Å². The Morgan fingerprint density at radius 1 is 1.38 bits per heavy atom. The van der Waals surface area contributed by atoms with Gasteiger partial charge >= 0.3 is 0 Å². The number of hydrogen-bond acceptors (Lipinski definition) is 2. The lowest BCUT2D eigenvalue weighted by molar-refractivity contribution is -0.128. The Labute approximate surface area is 80.7 Å². The highest BCUT2D eigenvalue weighted by atomic mass is 16.5. The quantitative estimate of drug-likeness (QED) is 0.656. The maximum absolute atomic E-state index is 11.3. The summed E-state index contributed by atoms with van der Waals surface area (Å²) in [6, 6.07) is 0. The fraction of sp³-hybridized carbons (Fsp3) is 0.909. The van der Waals surface area contributed by atoms with E-state index in [0.717, 1.165) is 12.3 Å². The molecule has 0 atom stereocenters. The lowest BCUT2D eigenvalue weighted by Crippen LogP contribution is -2.23. The van der Waals surface area contributed by atoms with E-state index >= 15 is 0 Å². The van der Waals surface area contributed by atoms with Crippen molar-refractivity contribution in [1.82, 2.24) is 0 Å². The minimum Gasteiger partial charge on any atom is -0.368 e. The Kier molecular flexibility index (Phi) is 3.48. The molecule has 0 aromatic carbocycles. The molecule has 2 nitrogen and oxygen atoms in total. The van der Waals surface area contributed by atoms with Crippen molar-refractivity contribution in [2.24, 2.45) is 5.92 Å². The Morgan fingerprint density at radius 2 is 2.00 bits per heavy atom. The third kappa shape index (κ3) is 5.81. The summed E-state index contributed by atoms with van der Waals surface area (Å²) in [7, 11) is 0. The van der Waals surface area contributed by atoms with Crippen molar-refractivity contribution in [2.75, 3.05) is 6.61 Å². The average Bonchev–Trinajstić information content (AvgIpc) is 2.78. The van der Waals surface area contributed by atoms with E-state index in [2.05, 4.69) is 0 Å². The van der Waals surface area contributed by atoms with Gasteiger partial charge in [0.25, 0.3) is 0 Å². The van der Waals surface area contributed by atoms with E-state index in [1.54, 1.807) is 0 Å². The molecule has 1 aliphatic carbocycles.